The standard InChI is InChI=1S/C13H9BrN4O/c14-10-1-3-11(4-2-10)17-13(19)9-5-8-7-16-18-12(8)15-6-9/h1-4,6-7H,5H2,(H,17,19). The second-order valence-corrected chi connectivity index (χ2v) is 5.03. The largest absolute Gasteiger partial charge is 0.322 e. The maximum absolute atomic E-state index is 12.1. The molecule has 6 heteroatoms. The number of halogens is 1. The van der Waals surface area contributed by atoms with Crippen LogP contribution in [0.25, 0.3) is 0 Å². The van der Waals surface area contributed by atoms with Gasteiger partial charge in [0.2, 0.25) is 0 Å². The molecule has 0 aromatic heterocycles. The summed E-state index contributed by atoms with van der Waals surface area (Å²) in [6.07, 6.45) is 3.69. The van der Waals surface area contributed by atoms with Crippen LogP contribution in [0.15, 0.2) is 67.5 Å². The van der Waals surface area contributed by atoms with Crippen molar-refractivity contribution in [2.45, 2.75) is 6.42 Å². The van der Waals surface area contributed by atoms with Crippen molar-refractivity contribution in [1.82, 2.24) is 0 Å². The molecule has 0 saturated carbocycles. The maximum Gasteiger partial charge on any atom is 0.253 e. The fourth-order valence-electron chi connectivity index (χ4n) is 1.78. The first-order valence-corrected chi connectivity index (χ1v) is 6.46. The minimum atomic E-state index is -0.155. The number of rotatable bonds is 2. The van der Waals surface area contributed by atoms with Crippen LogP contribution in [0, 0.1) is 0 Å². The second-order valence-electron chi connectivity index (χ2n) is 4.11. The Hall–Kier alpha value is -2.08. The van der Waals surface area contributed by atoms with E-state index in [1.807, 2.05) is 24.3 Å². The number of nitrogens with zero attached hydrogens (tertiary/aromatic N) is 3. The SMILES string of the molecule is O=C(Nc1ccc(Br)cc1)C1=CN=C2N=NC=C2C1. The monoisotopic (exact) mass is 316 g/mol. The van der Waals surface area contributed by atoms with Gasteiger partial charge in [-0.05, 0) is 24.3 Å². The van der Waals surface area contributed by atoms with Gasteiger partial charge in [0.25, 0.3) is 5.91 Å². The first-order valence-electron chi connectivity index (χ1n) is 5.66. The molecule has 0 spiro atoms. The lowest BCUT2D eigenvalue weighted by molar-refractivity contribution is -0.112. The maximum atomic E-state index is 12.1. The van der Waals surface area contributed by atoms with Crippen molar-refractivity contribution in [1.29, 1.82) is 0 Å². The van der Waals surface area contributed by atoms with Crippen molar-refractivity contribution >= 4 is 33.4 Å². The molecule has 0 fully saturated rings. The summed E-state index contributed by atoms with van der Waals surface area (Å²) in [5.41, 5.74) is 2.23. The van der Waals surface area contributed by atoms with Crippen LogP contribution < -0.4 is 5.32 Å². The molecule has 94 valence electrons. The van der Waals surface area contributed by atoms with Gasteiger partial charge in [-0.1, -0.05) is 15.9 Å². The Balaban J connectivity index is 1.73. The zero-order valence-corrected chi connectivity index (χ0v) is 11.4. The number of aliphatic imine (C=N–C) groups is 1. The third-order valence-electron chi connectivity index (χ3n) is 2.77. The number of carbonyl (C=O) groups is 1. The van der Waals surface area contributed by atoms with E-state index in [1.165, 1.54) is 0 Å². The summed E-state index contributed by atoms with van der Waals surface area (Å²) < 4.78 is 0.968. The molecule has 0 saturated heterocycles. The summed E-state index contributed by atoms with van der Waals surface area (Å²) in [7, 11) is 0. The molecule has 1 aromatic carbocycles. The van der Waals surface area contributed by atoms with Crippen molar-refractivity contribution in [3.8, 4) is 0 Å². The molecule has 1 N–H and O–H groups in total. The number of hydrogen-bond acceptors (Lipinski definition) is 4. The first-order chi connectivity index (χ1) is 9.22. The fourth-order valence-corrected chi connectivity index (χ4v) is 2.05. The Labute approximate surface area is 118 Å². The predicted octanol–water partition coefficient (Wildman–Crippen LogP) is 3.42. The highest BCUT2D eigenvalue weighted by molar-refractivity contribution is 9.10. The minimum Gasteiger partial charge on any atom is -0.322 e. The van der Waals surface area contributed by atoms with Crippen molar-refractivity contribution in [2.75, 3.05) is 5.32 Å². The van der Waals surface area contributed by atoms with Crippen molar-refractivity contribution in [3.05, 3.63) is 52.3 Å². The van der Waals surface area contributed by atoms with Crippen LogP contribution in [0.2, 0.25) is 0 Å². The van der Waals surface area contributed by atoms with Gasteiger partial charge in [0.15, 0.2) is 5.84 Å². The number of nitrogens with one attached hydrogen (secondary N) is 1. The number of azo groups is 1. The molecule has 0 aliphatic carbocycles. The topological polar surface area (TPSA) is 66.2 Å². The van der Waals surface area contributed by atoms with Crippen molar-refractivity contribution < 1.29 is 4.79 Å². The van der Waals surface area contributed by atoms with E-state index in [2.05, 4.69) is 36.5 Å². The Morgan fingerprint density at radius 3 is 2.79 bits per heavy atom. The summed E-state index contributed by atoms with van der Waals surface area (Å²) in [6, 6.07) is 7.41. The molecule has 19 heavy (non-hydrogen) atoms. The molecule has 1 amide bonds. The van der Waals surface area contributed by atoms with E-state index in [4.69, 9.17) is 0 Å². The molecule has 2 heterocycles. The Morgan fingerprint density at radius 1 is 1.21 bits per heavy atom. The molecule has 2 aliphatic heterocycles. The van der Waals surface area contributed by atoms with Crippen LogP contribution in [0.5, 0.6) is 0 Å². The van der Waals surface area contributed by atoms with E-state index in [0.29, 0.717) is 17.8 Å². The summed E-state index contributed by atoms with van der Waals surface area (Å²) >= 11 is 3.35. The van der Waals surface area contributed by atoms with E-state index in [-0.39, 0.29) is 5.91 Å². The van der Waals surface area contributed by atoms with Crippen molar-refractivity contribution in [2.24, 2.45) is 15.2 Å². The fraction of sp³-hybridized carbons (Fsp3) is 0.0769. The lowest BCUT2D eigenvalue weighted by Gasteiger charge is -2.11. The molecule has 0 unspecified atom stereocenters. The molecule has 0 bridgehead atoms. The van der Waals surface area contributed by atoms with Gasteiger partial charge < -0.3 is 5.32 Å². The average Bonchev–Trinajstić information content (AvgIpc) is 2.88. The molecular weight excluding hydrogens is 308 g/mol. The van der Waals surface area contributed by atoms with Gasteiger partial charge in [-0.15, -0.1) is 5.11 Å². The van der Waals surface area contributed by atoms with Gasteiger partial charge in [-0.3, -0.25) is 4.79 Å². The van der Waals surface area contributed by atoms with E-state index in [9.17, 15) is 4.79 Å². The smallest absolute Gasteiger partial charge is 0.253 e. The zero-order valence-electron chi connectivity index (χ0n) is 9.80. The van der Waals surface area contributed by atoms with Gasteiger partial charge >= 0.3 is 0 Å². The third-order valence-corrected chi connectivity index (χ3v) is 3.30. The van der Waals surface area contributed by atoms with E-state index in [1.54, 1.807) is 12.4 Å². The normalized spacial score (nSPS) is 16.4. The van der Waals surface area contributed by atoms with Crippen LogP contribution in [0.1, 0.15) is 6.42 Å². The summed E-state index contributed by atoms with van der Waals surface area (Å²) in [4.78, 5) is 16.2. The number of anilines is 1. The Kier molecular flexibility index (Phi) is 3.08. The molecule has 0 atom stereocenters. The van der Waals surface area contributed by atoms with Crippen LogP contribution in [-0.4, -0.2) is 11.7 Å². The molecular formula is C13H9BrN4O. The highest BCUT2D eigenvalue weighted by Gasteiger charge is 2.21. The van der Waals surface area contributed by atoms with Crippen LogP contribution in [-0.2, 0) is 4.79 Å². The van der Waals surface area contributed by atoms with Crippen LogP contribution in [0.4, 0.5) is 5.69 Å². The Bertz CT molecular complexity index is 656. The highest BCUT2D eigenvalue weighted by Crippen LogP contribution is 2.24. The molecule has 2 aliphatic rings. The van der Waals surface area contributed by atoms with Crippen molar-refractivity contribution in [3.63, 3.8) is 0 Å². The van der Waals surface area contributed by atoms with Crippen LogP contribution in [0.3, 0.4) is 0 Å². The number of carbonyl (C=O) groups excluding carboxylic acids is 1. The number of fused-ring (bicyclic) bond motifs is 1. The lowest BCUT2D eigenvalue weighted by atomic mass is 10.0. The molecule has 3 rings (SSSR count). The van der Waals surface area contributed by atoms with E-state index in [0.717, 1.165) is 15.7 Å². The van der Waals surface area contributed by atoms with Gasteiger partial charge in [-0.2, -0.15) is 5.11 Å². The quantitative estimate of drug-likeness (QED) is 0.892. The zero-order chi connectivity index (χ0) is 13.2. The lowest BCUT2D eigenvalue weighted by Crippen LogP contribution is -2.17. The first kappa shape index (κ1) is 12.0. The van der Waals surface area contributed by atoms with E-state index < -0.39 is 0 Å². The highest BCUT2D eigenvalue weighted by atomic mass is 79.9. The second kappa shape index (κ2) is 4.89. The summed E-state index contributed by atoms with van der Waals surface area (Å²) in [5.74, 6) is 0.443. The van der Waals surface area contributed by atoms with Crippen LogP contribution >= 0.6 is 15.9 Å². The van der Waals surface area contributed by atoms with Gasteiger partial charge in [0.1, 0.15) is 0 Å². The minimum absolute atomic E-state index is 0.155. The molecule has 1 aromatic rings. The summed E-state index contributed by atoms with van der Waals surface area (Å²) in [6.45, 7) is 0. The summed E-state index contributed by atoms with van der Waals surface area (Å²) in [5, 5.41) is 10.5. The third kappa shape index (κ3) is 2.53. The number of amides is 1. The van der Waals surface area contributed by atoms with Gasteiger partial charge in [0, 0.05) is 33.9 Å². The number of amidine groups is 1. The molecule has 0 radical (unpaired) electrons. The average molecular weight is 317 g/mol. The van der Waals surface area contributed by atoms with Gasteiger partial charge in [-0.25, -0.2) is 4.99 Å². The number of hydrogen-bond donors (Lipinski definition) is 1. The van der Waals surface area contributed by atoms with Gasteiger partial charge in [0.05, 0.1) is 6.20 Å². The molecule has 5 nitrogen and oxygen atoms in total. The number of benzene rings is 1. The predicted molar refractivity (Wildman–Crippen MR) is 75.8 cm³/mol. The van der Waals surface area contributed by atoms with E-state index >= 15 is 0 Å². The Morgan fingerprint density at radius 2 is 2.00 bits per heavy atom.